The zero-order chi connectivity index (χ0) is 8.27. The Kier molecular flexibility index (Phi) is 2.53. The third-order valence-electron chi connectivity index (χ3n) is 1.10. The van der Waals surface area contributed by atoms with E-state index in [0.717, 1.165) is 0 Å². The largest absolute Gasteiger partial charge is 0.308 e. The van der Waals surface area contributed by atoms with Gasteiger partial charge < -0.3 is 0 Å². The minimum absolute atomic E-state index is 0.417. The highest BCUT2D eigenvalue weighted by molar-refractivity contribution is 6.42. The molecule has 0 saturated carbocycles. The van der Waals surface area contributed by atoms with E-state index in [1.165, 1.54) is 0 Å². The second-order valence-electron chi connectivity index (χ2n) is 1.84. The molecule has 1 aromatic carbocycles. The van der Waals surface area contributed by atoms with Crippen LogP contribution in [0.15, 0.2) is 18.2 Å². The first-order valence-electron chi connectivity index (χ1n) is 2.79. The normalized spacial score (nSPS) is 8.82. The maximum Gasteiger partial charge on any atom is 0.308 e. The van der Waals surface area contributed by atoms with E-state index >= 15 is 0 Å². The van der Waals surface area contributed by atoms with Crippen molar-refractivity contribution < 1.29 is 0 Å². The van der Waals surface area contributed by atoms with Crippen LogP contribution in [0.5, 0.6) is 0 Å². The van der Waals surface area contributed by atoms with Gasteiger partial charge in [-0.15, -0.1) is 0 Å². The molecule has 1 N–H and O–H groups in total. The van der Waals surface area contributed by atoms with Gasteiger partial charge in [0.05, 0.1) is 10.0 Å². The topological polar surface area (TPSA) is 40.2 Å². The molecule has 11 heavy (non-hydrogen) atoms. The van der Waals surface area contributed by atoms with Crippen molar-refractivity contribution in [3.8, 4) is 0 Å². The summed E-state index contributed by atoms with van der Waals surface area (Å²) in [6.07, 6.45) is 0. The molecule has 0 fully saturated rings. The van der Waals surface area contributed by atoms with Gasteiger partial charge in [0.1, 0.15) is 5.69 Å². The molecule has 0 spiro atoms. The van der Waals surface area contributed by atoms with E-state index in [1.54, 1.807) is 18.2 Å². The Hall–Kier alpha value is -0.980. The lowest BCUT2D eigenvalue weighted by molar-refractivity contribution is 1.39. The van der Waals surface area contributed by atoms with Crippen LogP contribution in [0.1, 0.15) is 0 Å². The molecule has 0 saturated heterocycles. The fraction of sp³-hybridized carbons (Fsp3) is 0. The van der Waals surface area contributed by atoms with Gasteiger partial charge in [-0.2, -0.15) is 0 Å². The maximum atomic E-state index is 8.12. The van der Waals surface area contributed by atoms with Crippen LogP contribution in [0.2, 0.25) is 10.0 Å². The van der Waals surface area contributed by atoms with Crippen molar-refractivity contribution in [2.24, 2.45) is 0 Å². The summed E-state index contributed by atoms with van der Waals surface area (Å²) in [5.41, 5.74) is 2.90. The van der Waals surface area contributed by atoms with Gasteiger partial charge >= 0.3 is 5.08 Å². The molecular weight excluding hydrogens is 185 g/mol. The van der Waals surface area contributed by atoms with Crippen molar-refractivity contribution >= 4 is 28.9 Å². The van der Waals surface area contributed by atoms with E-state index in [4.69, 9.17) is 28.6 Å². The molecular formula is C6H4Cl2N3+. The standard InChI is InChI=1S/C6H4Cl2N3/c7-5-2-1-4(10-11-9)3-6(5)8/h1-3,10H/q+1. The second kappa shape index (κ2) is 3.42. The Morgan fingerprint density at radius 2 is 2.00 bits per heavy atom. The average Bonchev–Trinajstić information content (AvgIpc) is 1.98. The number of anilines is 1. The van der Waals surface area contributed by atoms with Crippen molar-refractivity contribution in [1.82, 2.24) is 0 Å². The second-order valence-corrected chi connectivity index (χ2v) is 2.66. The molecule has 1 rings (SSSR count). The van der Waals surface area contributed by atoms with E-state index in [1.807, 2.05) is 0 Å². The van der Waals surface area contributed by atoms with Crippen LogP contribution in [-0.4, -0.2) is 0 Å². The summed E-state index contributed by atoms with van der Waals surface area (Å²) in [6, 6.07) is 4.81. The van der Waals surface area contributed by atoms with Crippen molar-refractivity contribution in [2.75, 3.05) is 5.43 Å². The summed E-state index contributed by atoms with van der Waals surface area (Å²) in [5.74, 6) is 0. The molecule has 0 aliphatic heterocycles. The van der Waals surface area contributed by atoms with Gasteiger partial charge in [-0.1, -0.05) is 23.2 Å². The van der Waals surface area contributed by atoms with Gasteiger partial charge in [0, 0.05) is 0 Å². The lowest BCUT2D eigenvalue weighted by Gasteiger charge is -1.93. The molecule has 0 aliphatic carbocycles. The zero-order valence-electron chi connectivity index (χ0n) is 5.38. The van der Waals surface area contributed by atoms with Gasteiger partial charge in [-0.25, -0.2) is 0 Å². The fourth-order valence-corrected chi connectivity index (χ4v) is 0.922. The number of rotatable bonds is 1. The van der Waals surface area contributed by atoms with Crippen molar-refractivity contribution in [3.05, 3.63) is 33.3 Å². The van der Waals surface area contributed by atoms with Crippen LogP contribution in [0, 0.1) is 5.39 Å². The molecule has 0 radical (unpaired) electrons. The lowest BCUT2D eigenvalue weighted by atomic mass is 10.3. The summed E-state index contributed by atoms with van der Waals surface area (Å²) in [4.78, 5) is 0. The molecule has 0 aliphatic rings. The van der Waals surface area contributed by atoms with E-state index in [9.17, 15) is 0 Å². The highest BCUT2D eigenvalue weighted by Gasteiger charge is 2.01. The van der Waals surface area contributed by atoms with Crippen LogP contribution in [0.3, 0.4) is 0 Å². The minimum Gasteiger partial charge on any atom is -0.0827 e. The summed E-state index contributed by atoms with van der Waals surface area (Å²) in [6.45, 7) is 0. The molecule has 0 unspecified atom stereocenters. The Labute approximate surface area is 73.5 Å². The van der Waals surface area contributed by atoms with Gasteiger partial charge in [0.2, 0.25) is 0 Å². The number of hydrogen-bond donors (Lipinski definition) is 1. The smallest absolute Gasteiger partial charge is 0.0827 e. The summed E-state index contributed by atoms with van der Waals surface area (Å²) in [5, 5.41) is 11.7. The molecule has 5 heteroatoms. The Morgan fingerprint density at radius 1 is 1.27 bits per heavy atom. The number of nitrogens with one attached hydrogen (secondary N) is 1. The van der Waals surface area contributed by atoms with Crippen molar-refractivity contribution in [3.63, 3.8) is 0 Å². The van der Waals surface area contributed by atoms with Crippen LogP contribution in [-0.2, 0) is 0 Å². The van der Waals surface area contributed by atoms with Crippen LogP contribution in [0.4, 0.5) is 5.69 Å². The van der Waals surface area contributed by atoms with Gasteiger partial charge in [-0.3, -0.25) is 0 Å². The van der Waals surface area contributed by atoms with Gasteiger partial charge in [0.15, 0.2) is 0 Å². The van der Waals surface area contributed by atoms with Crippen molar-refractivity contribution in [2.45, 2.75) is 0 Å². The quantitative estimate of drug-likeness (QED) is 0.544. The molecule has 56 valence electrons. The molecule has 0 bridgehead atoms. The number of hydrogen-bond acceptors (Lipinski definition) is 2. The molecule has 0 atom stereocenters. The Bertz CT molecular complexity index is 305. The van der Waals surface area contributed by atoms with E-state index in [-0.39, 0.29) is 0 Å². The number of nitrogens with zero attached hydrogens (tertiary/aromatic N) is 2. The number of benzene rings is 1. The Balaban J connectivity index is 2.98. The van der Waals surface area contributed by atoms with E-state index in [2.05, 4.69) is 10.5 Å². The first kappa shape index (κ1) is 8.12. The average molecular weight is 189 g/mol. The van der Waals surface area contributed by atoms with Crippen LogP contribution < -0.4 is 5.43 Å². The highest BCUT2D eigenvalue weighted by Crippen LogP contribution is 2.24. The fourth-order valence-electron chi connectivity index (χ4n) is 0.623. The van der Waals surface area contributed by atoms with Gasteiger partial charge in [0.25, 0.3) is 5.39 Å². The SMILES string of the molecule is N#[N+]Nc1ccc(Cl)c(Cl)c1. The predicted molar refractivity (Wildman–Crippen MR) is 45.2 cm³/mol. The highest BCUT2D eigenvalue weighted by atomic mass is 35.5. The molecule has 0 aromatic heterocycles. The summed E-state index contributed by atoms with van der Waals surface area (Å²) >= 11 is 11.3. The molecule has 3 nitrogen and oxygen atoms in total. The summed E-state index contributed by atoms with van der Waals surface area (Å²) < 4.78 is 0. The predicted octanol–water partition coefficient (Wildman–Crippen LogP) is 3.17. The first-order chi connectivity index (χ1) is 5.24. The van der Waals surface area contributed by atoms with E-state index < -0.39 is 0 Å². The van der Waals surface area contributed by atoms with Crippen LogP contribution in [0.25, 0.3) is 5.08 Å². The number of halogens is 2. The molecule has 0 heterocycles. The third kappa shape index (κ3) is 1.97. The monoisotopic (exact) mass is 188 g/mol. The first-order valence-corrected chi connectivity index (χ1v) is 3.55. The van der Waals surface area contributed by atoms with E-state index in [0.29, 0.717) is 15.7 Å². The lowest BCUT2D eigenvalue weighted by Crippen LogP contribution is -1.82. The maximum absolute atomic E-state index is 8.12. The Morgan fingerprint density at radius 3 is 2.55 bits per heavy atom. The number of diazo groups is 1. The third-order valence-corrected chi connectivity index (χ3v) is 1.84. The molecule has 0 amide bonds. The molecule has 1 aromatic rings. The van der Waals surface area contributed by atoms with Crippen LogP contribution >= 0.6 is 23.2 Å². The minimum atomic E-state index is 0.417. The van der Waals surface area contributed by atoms with Crippen molar-refractivity contribution in [1.29, 1.82) is 5.39 Å². The zero-order valence-corrected chi connectivity index (χ0v) is 6.89. The summed E-state index contributed by atoms with van der Waals surface area (Å²) in [7, 11) is 0. The van der Waals surface area contributed by atoms with Gasteiger partial charge in [-0.05, 0) is 23.6 Å².